The topological polar surface area (TPSA) is 0 Å². The van der Waals surface area contributed by atoms with Crippen LogP contribution in [-0.2, 0) is 12.4 Å². The zero-order chi connectivity index (χ0) is 23.3. The first kappa shape index (κ1) is 29.2. The van der Waals surface area contributed by atoms with E-state index in [9.17, 15) is 26.3 Å². The van der Waals surface area contributed by atoms with Gasteiger partial charge in [-0.2, -0.15) is 26.3 Å². The van der Waals surface area contributed by atoms with Crippen LogP contribution in [0.1, 0.15) is 41.5 Å². The Balaban J connectivity index is 0.00000512. The Labute approximate surface area is 215 Å². The second kappa shape index (κ2) is 12.0. The highest BCUT2D eigenvalue weighted by atomic mass is 127. The second-order valence-electron chi connectivity index (χ2n) is 8.05. The third-order valence-electron chi connectivity index (χ3n) is 4.89. The fourth-order valence-corrected chi connectivity index (χ4v) is 3.46. The largest absolute Gasteiger partial charge is 1.00 e. The second-order valence-corrected chi connectivity index (χ2v) is 8.73. The molecule has 0 bridgehead atoms. The molecule has 0 heterocycles. The van der Waals surface area contributed by atoms with Gasteiger partial charge in [-0.15, -0.1) is 0 Å². The molecule has 32 heavy (non-hydrogen) atoms. The van der Waals surface area contributed by atoms with Crippen molar-refractivity contribution in [3.63, 3.8) is 0 Å². The summed E-state index contributed by atoms with van der Waals surface area (Å²) in [7, 11) is 4.22. The lowest BCUT2D eigenvalue weighted by atomic mass is 9.93. The molecule has 0 saturated heterocycles. The molecule has 0 amide bonds. The predicted octanol–water partition coefficient (Wildman–Crippen LogP) is 4.80. The van der Waals surface area contributed by atoms with Gasteiger partial charge in [0.2, 0.25) is 0 Å². The van der Waals surface area contributed by atoms with E-state index >= 15 is 0 Å². The van der Waals surface area contributed by atoms with Crippen molar-refractivity contribution in [3.8, 4) is 0 Å². The Morgan fingerprint density at radius 3 is 1.72 bits per heavy atom. The Morgan fingerprint density at radius 1 is 0.844 bits per heavy atom. The molecule has 0 aliphatic rings. The quantitative estimate of drug-likeness (QED) is 0.0938. The van der Waals surface area contributed by atoms with Crippen LogP contribution in [0.15, 0.2) is 54.6 Å². The van der Waals surface area contributed by atoms with Crippen molar-refractivity contribution in [1.29, 1.82) is 0 Å². The minimum atomic E-state index is -4.53. The number of rotatable bonds is 8. The van der Waals surface area contributed by atoms with E-state index in [0.29, 0.717) is 12.0 Å². The van der Waals surface area contributed by atoms with E-state index in [4.69, 9.17) is 0 Å². The van der Waals surface area contributed by atoms with Crippen molar-refractivity contribution >= 4 is 28.2 Å². The third kappa shape index (κ3) is 8.85. The lowest BCUT2D eigenvalue weighted by Gasteiger charge is -2.26. The molecular formula is C23H25F6I2N. The lowest BCUT2D eigenvalue weighted by molar-refractivity contribution is -0.874. The monoisotopic (exact) mass is 683 g/mol. The number of hydrogen-bond acceptors (Lipinski definition) is 0. The van der Waals surface area contributed by atoms with Gasteiger partial charge in [-0.1, -0.05) is 30.3 Å². The number of allylic oxidation sites excluding steroid dienone is 1. The first-order valence-corrected chi connectivity index (χ1v) is 11.3. The number of quaternary nitrogens is 1. The fourth-order valence-electron chi connectivity index (χ4n) is 3.12. The summed E-state index contributed by atoms with van der Waals surface area (Å²) in [5.74, 6) is 0. The van der Waals surface area contributed by atoms with Crippen LogP contribution < -0.4 is 24.0 Å². The van der Waals surface area contributed by atoms with Crippen LogP contribution in [0.25, 0.3) is 5.57 Å². The van der Waals surface area contributed by atoms with Crippen LogP contribution in [0, 0.1) is 0 Å². The molecular weight excluding hydrogens is 658 g/mol. The average Bonchev–Trinajstić information content (AvgIpc) is 2.69. The Hall–Kier alpha value is -0.820. The van der Waals surface area contributed by atoms with Crippen molar-refractivity contribution in [1.82, 2.24) is 0 Å². The van der Waals surface area contributed by atoms with Gasteiger partial charge in [0.25, 0.3) is 0 Å². The van der Waals surface area contributed by atoms with Crippen molar-refractivity contribution in [3.05, 3.63) is 76.9 Å². The highest BCUT2D eigenvalue weighted by molar-refractivity contribution is 14.1. The van der Waals surface area contributed by atoms with Crippen molar-refractivity contribution < 1.29 is 54.8 Å². The van der Waals surface area contributed by atoms with Gasteiger partial charge >= 0.3 is 12.4 Å². The maximum atomic E-state index is 13.2. The van der Waals surface area contributed by atoms with Crippen LogP contribution in [0.4, 0.5) is 26.3 Å². The molecule has 0 aromatic heterocycles. The molecule has 178 valence electrons. The van der Waals surface area contributed by atoms with Gasteiger partial charge < -0.3 is 28.5 Å². The molecule has 0 atom stereocenters. The molecule has 2 aromatic rings. The third-order valence-corrected chi connectivity index (χ3v) is 6.74. The Morgan fingerprint density at radius 2 is 1.31 bits per heavy atom. The average molecular weight is 683 g/mol. The van der Waals surface area contributed by atoms with Crippen LogP contribution in [0.5, 0.6) is 0 Å². The zero-order valence-electron chi connectivity index (χ0n) is 17.7. The number of hydrogen-bond donors (Lipinski definition) is 0. The van der Waals surface area contributed by atoms with Crippen molar-refractivity contribution in [2.24, 2.45) is 0 Å². The summed E-state index contributed by atoms with van der Waals surface area (Å²) >= 11 is 2.31. The van der Waals surface area contributed by atoms with Gasteiger partial charge in [-0.05, 0) is 82.8 Å². The highest BCUT2D eigenvalue weighted by Gasteiger charge is 2.32. The number of nitrogens with zero attached hydrogens (tertiary/aromatic N) is 1. The standard InChI is InChI=1S/C23H25F6IN.HI/c1-31(2,16-30)13-5-3-4-12-21(17-8-6-10-19(14-17)22(24,25)26)18-9-7-11-20(15-18)23(27,28)29;/h6-12,14-15H,3-5,13,16H2,1-2H3;1H/q+1;/p-1. The normalized spacial score (nSPS) is 12.3. The van der Waals surface area contributed by atoms with Gasteiger partial charge in [-0.25, -0.2) is 0 Å². The van der Waals surface area contributed by atoms with E-state index in [0.717, 1.165) is 52.7 Å². The van der Waals surface area contributed by atoms with Gasteiger partial charge in [-0.3, -0.25) is 0 Å². The first-order chi connectivity index (χ1) is 14.3. The lowest BCUT2D eigenvalue weighted by Crippen LogP contribution is -3.00. The minimum Gasteiger partial charge on any atom is -1.00 e. The number of benzene rings is 2. The summed E-state index contributed by atoms with van der Waals surface area (Å²) in [6.45, 7) is 0.944. The zero-order valence-corrected chi connectivity index (χ0v) is 22.0. The van der Waals surface area contributed by atoms with E-state index in [1.54, 1.807) is 6.08 Å². The van der Waals surface area contributed by atoms with Gasteiger partial charge in [0.1, 0.15) is 4.55 Å². The maximum Gasteiger partial charge on any atom is 0.416 e. The van der Waals surface area contributed by atoms with Crippen LogP contribution >= 0.6 is 22.6 Å². The molecule has 1 nitrogen and oxygen atoms in total. The molecule has 0 radical (unpaired) electrons. The maximum absolute atomic E-state index is 13.2. The number of halogens is 8. The molecule has 0 fully saturated rings. The SMILES string of the molecule is C[N+](C)(CI)CCCCC=C(c1cccc(C(F)(F)F)c1)c1cccc(C(F)(F)F)c1.[I-]. The van der Waals surface area contributed by atoms with E-state index in [1.807, 2.05) is 0 Å². The molecule has 2 rings (SSSR count). The van der Waals surface area contributed by atoms with Crippen LogP contribution in [-0.4, -0.2) is 29.7 Å². The van der Waals surface area contributed by atoms with E-state index < -0.39 is 23.5 Å². The number of unbranched alkanes of at least 4 members (excludes halogenated alkanes) is 2. The van der Waals surface area contributed by atoms with Crippen molar-refractivity contribution in [2.75, 3.05) is 25.2 Å². The van der Waals surface area contributed by atoms with Gasteiger partial charge in [0, 0.05) is 0 Å². The fraction of sp³-hybridized carbons (Fsp3) is 0.391. The summed E-state index contributed by atoms with van der Waals surface area (Å²) in [4.78, 5) is 0. The summed E-state index contributed by atoms with van der Waals surface area (Å²) in [6, 6.07) is 9.44. The summed E-state index contributed by atoms with van der Waals surface area (Å²) in [5.41, 5.74) is -0.789. The molecule has 9 heteroatoms. The molecule has 0 spiro atoms. The van der Waals surface area contributed by atoms with E-state index in [1.165, 1.54) is 24.3 Å². The molecule has 0 saturated carbocycles. The summed E-state index contributed by atoms with van der Waals surface area (Å²) < 4.78 is 80.9. The van der Waals surface area contributed by atoms with E-state index in [-0.39, 0.29) is 35.1 Å². The molecule has 0 unspecified atom stereocenters. The molecule has 0 N–H and O–H groups in total. The van der Waals surface area contributed by atoms with Crippen LogP contribution in [0.2, 0.25) is 0 Å². The summed E-state index contributed by atoms with van der Waals surface area (Å²) in [6.07, 6.45) is -5.06. The highest BCUT2D eigenvalue weighted by Crippen LogP contribution is 2.35. The van der Waals surface area contributed by atoms with Gasteiger partial charge in [0.15, 0.2) is 0 Å². The number of alkyl halides is 7. The first-order valence-electron chi connectivity index (χ1n) is 9.77. The van der Waals surface area contributed by atoms with E-state index in [2.05, 4.69) is 36.7 Å². The molecule has 0 aliphatic carbocycles. The smallest absolute Gasteiger partial charge is 0.416 e. The van der Waals surface area contributed by atoms with Gasteiger partial charge in [0.05, 0.1) is 31.8 Å². The summed E-state index contributed by atoms with van der Waals surface area (Å²) in [5, 5.41) is 0. The van der Waals surface area contributed by atoms with Crippen LogP contribution in [0.3, 0.4) is 0 Å². The Kier molecular flexibility index (Phi) is 11.0. The minimum absolute atomic E-state index is 0. The van der Waals surface area contributed by atoms with Crippen molar-refractivity contribution in [2.45, 2.75) is 31.6 Å². The molecule has 2 aromatic carbocycles. The predicted molar refractivity (Wildman–Crippen MR) is 120 cm³/mol. The molecule has 0 aliphatic heterocycles. The Bertz CT molecular complexity index is 844.